The van der Waals surface area contributed by atoms with E-state index in [1.807, 2.05) is 0 Å². The third-order valence-corrected chi connectivity index (χ3v) is 5.12. The molecule has 6 atom stereocenters. The van der Waals surface area contributed by atoms with E-state index >= 15 is 0 Å². The van der Waals surface area contributed by atoms with Crippen molar-refractivity contribution in [3.05, 3.63) is 12.2 Å². The van der Waals surface area contributed by atoms with Crippen molar-refractivity contribution in [3.63, 3.8) is 0 Å². The third-order valence-electron chi connectivity index (χ3n) is 4.87. The molecule has 0 aromatic carbocycles. The van der Waals surface area contributed by atoms with Gasteiger partial charge in [0, 0.05) is 0 Å². The number of aliphatic hydroxyl groups is 3. The van der Waals surface area contributed by atoms with E-state index < -0.39 is 53.1 Å². The largest absolute Gasteiger partial charge is 0.391 e. The summed E-state index contributed by atoms with van der Waals surface area (Å²) in [6.45, 7) is 2.80. The van der Waals surface area contributed by atoms with Gasteiger partial charge in [0.25, 0.3) is 11.6 Å². The monoisotopic (exact) mass is 455 g/mol. The van der Waals surface area contributed by atoms with E-state index in [2.05, 4.69) is 32.9 Å². The minimum absolute atomic E-state index is 0.0386. The second-order valence-corrected chi connectivity index (χ2v) is 7.48. The van der Waals surface area contributed by atoms with Crippen LogP contribution in [-0.4, -0.2) is 82.2 Å². The standard InChI is InChI=1S/C16H21N7O7S/c1-4(24)6(17)13(27)22-11-7-12(21-5(2)20-11)23(3-19-7)16(15(18)29)10(26)8(25)9(30-16)14(28)31/h3-4,6,8-10,24-26H,17H2,1-2H3,(H2,18,29)(H,28,31)(H,20,21,22,27)/t4?,6?,8-,9+,10-,16+/m1/s1. The molecule has 2 amide bonds. The number of carbonyl (C=O) groups is 3. The van der Waals surface area contributed by atoms with Gasteiger partial charge >= 0.3 is 0 Å². The number of nitrogens with zero attached hydrogens (tertiary/aromatic N) is 4. The second-order valence-electron chi connectivity index (χ2n) is 7.03. The van der Waals surface area contributed by atoms with E-state index in [0.29, 0.717) is 0 Å². The molecule has 2 unspecified atom stereocenters. The molecular weight excluding hydrogens is 434 g/mol. The smallest absolute Gasteiger partial charge is 0.274 e. The number of hydrogen-bond acceptors (Lipinski definition) is 11. The van der Waals surface area contributed by atoms with Gasteiger partial charge in [-0.15, -0.1) is 12.6 Å². The molecule has 168 valence electrons. The van der Waals surface area contributed by atoms with Crippen molar-refractivity contribution in [2.75, 3.05) is 5.32 Å². The molecule has 1 saturated heterocycles. The van der Waals surface area contributed by atoms with Crippen LogP contribution in [0.15, 0.2) is 6.33 Å². The Morgan fingerprint density at radius 2 is 2.00 bits per heavy atom. The number of primary amides is 1. The van der Waals surface area contributed by atoms with Crippen molar-refractivity contribution in [1.82, 2.24) is 19.5 Å². The number of aromatic nitrogens is 4. The van der Waals surface area contributed by atoms with Crippen molar-refractivity contribution in [2.45, 2.75) is 50.0 Å². The number of ether oxygens (including phenoxy) is 1. The molecule has 1 fully saturated rings. The van der Waals surface area contributed by atoms with E-state index in [-0.39, 0.29) is 22.8 Å². The fourth-order valence-corrected chi connectivity index (χ4v) is 3.41. The third kappa shape index (κ3) is 3.64. The van der Waals surface area contributed by atoms with Crippen molar-refractivity contribution in [3.8, 4) is 0 Å². The fourth-order valence-electron chi connectivity index (χ4n) is 3.21. The molecular formula is C16H21N7O7S. The number of anilines is 1. The molecule has 8 N–H and O–H groups in total. The molecule has 2 aromatic heterocycles. The van der Waals surface area contributed by atoms with Crippen molar-refractivity contribution in [1.29, 1.82) is 0 Å². The van der Waals surface area contributed by atoms with Gasteiger partial charge in [0.15, 0.2) is 23.1 Å². The predicted molar refractivity (Wildman–Crippen MR) is 106 cm³/mol. The van der Waals surface area contributed by atoms with Gasteiger partial charge in [-0.1, -0.05) is 0 Å². The molecule has 2 aromatic rings. The normalized spacial score (nSPS) is 27.8. The van der Waals surface area contributed by atoms with Crippen LogP contribution in [-0.2, 0) is 24.8 Å². The summed E-state index contributed by atoms with van der Waals surface area (Å²) in [7, 11) is 0. The van der Waals surface area contributed by atoms with Crippen LogP contribution in [0.3, 0.4) is 0 Å². The molecule has 0 saturated carbocycles. The van der Waals surface area contributed by atoms with Gasteiger partial charge in [0.1, 0.15) is 30.4 Å². The number of imidazole rings is 1. The predicted octanol–water partition coefficient (Wildman–Crippen LogP) is -3.50. The number of carbonyl (C=O) groups excluding carboxylic acids is 3. The van der Waals surface area contributed by atoms with Crippen LogP contribution in [0.2, 0.25) is 0 Å². The SMILES string of the molecule is Cc1nc(NC(=O)C(N)C(C)O)c2ncn([C@]3(C(N)=O)O[C@H](C(=O)S)[C@@H](O)[C@H]3O)c2n1. The first-order valence-electron chi connectivity index (χ1n) is 8.95. The van der Waals surface area contributed by atoms with Crippen LogP contribution in [0.25, 0.3) is 11.2 Å². The zero-order chi connectivity index (χ0) is 23.2. The summed E-state index contributed by atoms with van der Waals surface area (Å²) < 4.78 is 6.34. The number of aliphatic hydroxyl groups excluding tert-OH is 3. The lowest BCUT2D eigenvalue weighted by molar-refractivity contribution is -0.171. The average molecular weight is 455 g/mol. The quantitative estimate of drug-likeness (QED) is 0.211. The van der Waals surface area contributed by atoms with Crippen LogP contribution in [0.5, 0.6) is 0 Å². The van der Waals surface area contributed by atoms with Gasteiger partial charge in [0.05, 0.1) is 6.10 Å². The molecule has 3 rings (SSSR count). The number of rotatable bonds is 6. The van der Waals surface area contributed by atoms with Gasteiger partial charge in [-0.2, -0.15) is 0 Å². The van der Waals surface area contributed by atoms with Gasteiger partial charge < -0.3 is 36.8 Å². The molecule has 0 spiro atoms. The fraction of sp³-hybridized carbons (Fsp3) is 0.500. The van der Waals surface area contributed by atoms with Crippen LogP contribution in [0.4, 0.5) is 5.82 Å². The summed E-state index contributed by atoms with van der Waals surface area (Å²) in [6.07, 6.45) is -5.57. The maximum atomic E-state index is 12.4. The molecule has 0 aliphatic carbocycles. The van der Waals surface area contributed by atoms with E-state index in [4.69, 9.17) is 16.2 Å². The number of aryl methyl sites for hydroxylation is 1. The highest BCUT2D eigenvalue weighted by Gasteiger charge is 2.61. The second kappa shape index (κ2) is 8.10. The molecule has 0 radical (unpaired) electrons. The van der Waals surface area contributed by atoms with E-state index in [1.165, 1.54) is 13.8 Å². The molecule has 14 nitrogen and oxygen atoms in total. The van der Waals surface area contributed by atoms with Crippen molar-refractivity contribution < 1.29 is 34.4 Å². The van der Waals surface area contributed by atoms with Gasteiger partial charge in [0.2, 0.25) is 11.0 Å². The maximum absolute atomic E-state index is 12.4. The summed E-state index contributed by atoms with van der Waals surface area (Å²) >= 11 is 3.60. The summed E-state index contributed by atoms with van der Waals surface area (Å²) in [5, 5.41) is 31.8. The topological polar surface area (TPSA) is 229 Å². The Labute approximate surface area is 180 Å². The van der Waals surface area contributed by atoms with E-state index in [0.717, 1.165) is 10.9 Å². The summed E-state index contributed by atoms with van der Waals surface area (Å²) in [4.78, 5) is 48.6. The molecule has 31 heavy (non-hydrogen) atoms. The first-order valence-corrected chi connectivity index (χ1v) is 9.39. The van der Waals surface area contributed by atoms with Crippen LogP contribution in [0.1, 0.15) is 12.7 Å². The highest BCUT2D eigenvalue weighted by Crippen LogP contribution is 2.38. The van der Waals surface area contributed by atoms with Gasteiger partial charge in [-0.3, -0.25) is 19.0 Å². The first kappa shape index (κ1) is 23.0. The Bertz CT molecular complexity index is 1060. The summed E-state index contributed by atoms with van der Waals surface area (Å²) in [5.41, 5.74) is 8.51. The van der Waals surface area contributed by atoms with Gasteiger partial charge in [-0.25, -0.2) is 15.0 Å². The maximum Gasteiger partial charge on any atom is 0.274 e. The lowest BCUT2D eigenvalue weighted by atomic mass is 10.0. The van der Waals surface area contributed by atoms with Crippen LogP contribution >= 0.6 is 12.6 Å². The zero-order valence-electron chi connectivity index (χ0n) is 16.3. The number of fused-ring (bicyclic) bond motifs is 1. The zero-order valence-corrected chi connectivity index (χ0v) is 17.2. The Kier molecular flexibility index (Phi) is 6.01. The summed E-state index contributed by atoms with van der Waals surface area (Å²) in [6, 6.07) is -1.26. The highest BCUT2D eigenvalue weighted by atomic mass is 32.1. The van der Waals surface area contributed by atoms with Crippen molar-refractivity contribution >= 4 is 46.5 Å². The number of hydrogen-bond donors (Lipinski definition) is 7. The van der Waals surface area contributed by atoms with Crippen LogP contribution < -0.4 is 16.8 Å². The Hall–Kier alpha value is -2.69. The Balaban J connectivity index is 2.15. The molecule has 0 bridgehead atoms. The first-order chi connectivity index (χ1) is 14.4. The minimum atomic E-state index is -2.45. The number of nitrogens with two attached hydrogens (primary N) is 2. The number of nitrogens with one attached hydrogen (secondary N) is 1. The Morgan fingerprint density at radius 3 is 2.52 bits per heavy atom. The number of amides is 2. The van der Waals surface area contributed by atoms with Gasteiger partial charge in [-0.05, 0) is 13.8 Å². The Morgan fingerprint density at radius 1 is 1.35 bits per heavy atom. The molecule has 15 heteroatoms. The minimum Gasteiger partial charge on any atom is -0.391 e. The van der Waals surface area contributed by atoms with Crippen molar-refractivity contribution in [2.24, 2.45) is 11.5 Å². The molecule has 1 aliphatic rings. The lowest BCUT2D eigenvalue weighted by Crippen LogP contribution is -2.54. The van der Waals surface area contributed by atoms with E-state index in [1.54, 1.807) is 0 Å². The highest BCUT2D eigenvalue weighted by molar-refractivity contribution is 7.96. The molecule has 1 aliphatic heterocycles. The van der Waals surface area contributed by atoms with E-state index in [9.17, 15) is 29.7 Å². The average Bonchev–Trinajstić information content (AvgIpc) is 3.21. The summed E-state index contributed by atoms with van der Waals surface area (Å²) in [5.74, 6) is -1.99. The van der Waals surface area contributed by atoms with Crippen LogP contribution in [0, 0.1) is 6.92 Å². The number of thiol groups is 1. The molecule has 3 heterocycles. The lowest BCUT2D eigenvalue weighted by Gasteiger charge is -2.30.